The number of unbranched alkanes of at least 4 members (excludes halogenated alkanes) is 2. The third-order valence-corrected chi connectivity index (χ3v) is 2.67. The molecule has 0 aromatic heterocycles. The number of aliphatic hydroxyl groups excluding tert-OH is 1. The largest absolute Gasteiger partial charge is 0.492 e. The van der Waals surface area contributed by atoms with Gasteiger partial charge in [-0.2, -0.15) is 0 Å². The summed E-state index contributed by atoms with van der Waals surface area (Å²) in [5.74, 6) is 0.777. The van der Waals surface area contributed by atoms with Crippen LogP contribution in [0.15, 0.2) is 22.7 Å². The van der Waals surface area contributed by atoms with Gasteiger partial charge in [0.25, 0.3) is 0 Å². The van der Waals surface area contributed by atoms with Crippen LogP contribution >= 0.6 is 15.9 Å². The fraction of sp³-hybridized carbons (Fsp3) is 0.455. The van der Waals surface area contributed by atoms with Gasteiger partial charge in [0.15, 0.2) is 0 Å². The first-order valence-electron chi connectivity index (χ1n) is 5.02. The van der Waals surface area contributed by atoms with Crippen molar-refractivity contribution in [2.24, 2.45) is 0 Å². The second-order valence-electron chi connectivity index (χ2n) is 3.32. The van der Waals surface area contributed by atoms with Gasteiger partial charge in [-0.05, 0) is 47.3 Å². The smallest absolute Gasteiger partial charge is 0.135 e. The van der Waals surface area contributed by atoms with E-state index in [4.69, 9.17) is 15.6 Å². The number of rotatable bonds is 6. The standard InChI is InChI=1S/C11H16BrNO2/c12-10-5-4-9(13)8-11(10)15-7-3-1-2-6-14/h4-5,8,14H,1-3,6-7,13H2. The Morgan fingerprint density at radius 1 is 1.27 bits per heavy atom. The van der Waals surface area contributed by atoms with Crippen LogP contribution in [-0.4, -0.2) is 18.3 Å². The molecular formula is C11H16BrNO2. The summed E-state index contributed by atoms with van der Waals surface area (Å²) in [6.07, 6.45) is 2.76. The number of aliphatic hydroxyl groups is 1. The molecule has 15 heavy (non-hydrogen) atoms. The highest BCUT2D eigenvalue weighted by Gasteiger charge is 2.00. The van der Waals surface area contributed by atoms with E-state index < -0.39 is 0 Å². The molecule has 0 heterocycles. The van der Waals surface area contributed by atoms with Gasteiger partial charge in [-0.25, -0.2) is 0 Å². The van der Waals surface area contributed by atoms with Crippen LogP contribution in [-0.2, 0) is 0 Å². The second-order valence-corrected chi connectivity index (χ2v) is 4.18. The van der Waals surface area contributed by atoms with Crippen molar-refractivity contribution >= 4 is 21.6 Å². The minimum absolute atomic E-state index is 0.252. The van der Waals surface area contributed by atoms with Crippen LogP contribution in [0.1, 0.15) is 19.3 Å². The molecule has 0 atom stereocenters. The van der Waals surface area contributed by atoms with Gasteiger partial charge >= 0.3 is 0 Å². The quantitative estimate of drug-likeness (QED) is 0.619. The molecule has 0 radical (unpaired) electrons. The Balaban J connectivity index is 2.33. The van der Waals surface area contributed by atoms with Gasteiger partial charge in [-0.15, -0.1) is 0 Å². The topological polar surface area (TPSA) is 55.5 Å². The average molecular weight is 274 g/mol. The summed E-state index contributed by atoms with van der Waals surface area (Å²) >= 11 is 3.39. The summed E-state index contributed by atoms with van der Waals surface area (Å²) in [6.45, 7) is 0.907. The first-order valence-corrected chi connectivity index (χ1v) is 5.82. The Morgan fingerprint density at radius 3 is 2.80 bits per heavy atom. The summed E-state index contributed by atoms with van der Waals surface area (Å²) in [5.41, 5.74) is 6.34. The molecule has 0 bridgehead atoms. The SMILES string of the molecule is Nc1ccc(Br)c(OCCCCCO)c1. The molecule has 0 amide bonds. The van der Waals surface area contributed by atoms with Crippen LogP contribution in [0.25, 0.3) is 0 Å². The third kappa shape index (κ3) is 4.53. The molecule has 1 aromatic rings. The number of halogens is 1. The van der Waals surface area contributed by atoms with Gasteiger partial charge in [0.1, 0.15) is 5.75 Å². The van der Waals surface area contributed by atoms with Crippen molar-refractivity contribution in [1.82, 2.24) is 0 Å². The van der Waals surface area contributed by atoms with E-state index in [-0.39, 0.29) is 6.61 Å². The Hall–Kier alpha value is -0.740. The molecule has 1 aromatic carbocycles. The molecule has 0 aliphatic rings. The van der Waals surface area contributed by atoms with Crippen molar-refractivity contribution in [3.05, 3.63) is 22.7 Å². The summed E-state index contributed by atoms with van der Waals surface area (Å²) in [6, 6.07) is 5.50. The van der Waals surface area contributed by atoms with Crippen LogP contribution in [0, 0.1) is 0 Å². The third-order valence-electron chi connectivity index (χ3n) is 2.02. The van der Waals surface area contributed by atoms with Gasteiger partial charge in [0.05, 0.1) is 11.1 Å². The maximum atomic E-state index is 8.60. The van der Waals surface area contributed by atoms with Crippen molar-refractivity contribution in [2.45, 2.75) is 19.3 Å². The molecule has 0 saturated carbocycles. The average Bonchev–Trinajstić information content (AvgIpc) is 2.23. The lowest BCUT2D eigenvalue weighted by Gasteiger charge is -2.08. The minimum Gasteiger partial charge on any atom is -0.492 e. The van der Waals surface area contributed by atoms with Crippen LogP contribution in [0.3, 0.4) is 0 Å². The second kappa shape index (κ2) is 6.69. The lowest BCUT2D eigenvalue weighted by molar-refractivity contribution is 0.265. The maximum absolute atomic E-state index is 8.60. The molecular weight excluding hydrogens is 258 g/mol. The van der Waals surface area contributed by atoms with Gasteiger partial charge in [0, 0.05) is 18.4 Å². The van der Waals surface area contributed by atoms with E-state index in [9.17, 15) is 0 Å². The summed E-state index contributed by atoms with van der Waals surface area (Å²) in [4.78, 5) is 0. The molecule has 0 unspecified atom stereocenters. The summed E-state index contributed by atoms with van der Waals surface area (Å²) in [5, 5.41) is 8.60. The van der Waals surface area contributed by atoms with Crippen LogP contribution in [0.5, 0.6) is 5.75 Å². The highest BCUT2D eigenvalue weighted by molar-refractivity contribution is 9.10. The van der Waals surface area contributed by atoms with Crippen LogP contribution in [0.2, 0.25) is 0 Å². The molecule has 0 fully saturated rings. The molecule has 0 aliphatic carbocycles. The first-order chi connectivity index (χ1) is 7.24. The number of benzene rings is 1. The Labute approximate surface area is 98.4 Å². The Kier molecular flexibility index (Phi) is 5.50. The molecule has 0 aliphatic heterocycles. The highest BCUT2D eigenvalue weighted by atomic mass is 79.9. The molecule has 3 nitrogen and oxygen atoms in total. The summed E-state index contributed by atoms with van der Waals surface area (Å²) < 4.78 is 6.47. The van der Waals surface area contributed by atoms with Crippen LogP contribution < -0.4 is 10.5 Å². The number of ether oxygens (including phenoxy) is 1. The van der Waals surface area contributed by atoms with E-state index in [0.717, 1.165) is 29.5 Å². The van der Waals surface area contributed by atoms with Crippen LogP contribution in [0.4, 0.5) is 5.69 Å². The van der Waals surface area contributed by atoms with Crippen molar-refractivity contribution < 1.29 is 9.84 Å². The van der Waals surface area contributed by atoms with E-state index in [1.54, 1.807) is 6.07 Å². The Bertz CT molecular complexity index is 305. The zero-order chi connectivity index (χ0) is 11.1. The first kappa shape index (κ1) is 12.3. The van der Waals surface area contributed by atoms with Gasteiger partial charge in [-0.1, -0.05) is 0 Å². The zero-order valence-corrected chi connectivity index (χ0v) is 10.2. The lowest BCUT2D eigenvalue weighted by atomic mass is 10.2. The molecule has 0 saturated heterocycles. The van der Waals surface area contributed by atoms with Gasteiger partial charge in [-0.3, -0.25) is 0 Å². The number of nitrogens with two attached hydrogens (primary N) is 1. The number of hydrogen-bond acceptors (Lipinski definition) is 3. The molecule has 4 heteroatoms. The predicted molar refractivity (Wildman–Crippen MR) is 65.0 cm³/mol. The van der Waals surface area contributed by atoms with Crippen molar-refractivity contribution in [3.63, 3.8) is 0 Å². The van der Waals surface area contributed by atoms with E-state index in [2.05, 4.69) is 15.9 Å². The number of nitrogen functional groups attached to an aromatic ring is 1. The van der Waals surface area contributed by atoms with Gasteiger partial charge < -0.3 is 15.6 Å². The van der Waals surface area contributed by atoms with Crippen molar-refractivity contribution in [2.75, 3.05) is 18.9 Å². The minimum atomic E-state index is 0.252. The number of anilines is 1. The summed E-state index contributed by atoms with van der Waals surface area (Å²) in [7, 11) is 0. The van der Waals surface area contributed by atoms with E-state index in [0.29, 0.717) is 12.3 Å². The van der Waals surface area contributed by atoms with Gasteiger partial charge in [0.2, 0.25) is 0 Å². The molecule has 3 N–H and O–H groups in total. The molecule has 1 rings (SSSR count). The zero-order valence-electron chi connectivity index (χ0n) is 8.58. The van der Waals surface area contributed by atoms with E-state index >= 15 is 0 Å². The van der Waals surface area contributed by atoms with E-state index in [1.807, 2.05) is 12.1 Å². The van der Waals surface area contributed by atoms with Crippen molar-refractivity contribution in [3.8, 4) is 5.75 Å². The fourth-order valence-corrected chi connectivity index (χ4v) is 1.56. The molecule has 0 spiro atoms. The number of hydrogen-bond donors (Lipinski definition) is 2. The predicted octanol–water partition coefficient (Wildman–Crippen LogP) is 2.57. The fourth-order valence-electron chi connectivity index (χ4n) is 1.20. The molecule has 84 valence electrons. The Morgan fingerprint density at radius 2 is 2.07 bits per heavy atom. The van der Waals surface area contributed by atoms with Crippen molar-refractivity contribution in [1.29, 1.82) is 0 Å². The maximum Gasteiger partial charge on any atom is 0.135 e. The normalized spacial score (nSPS) is 10.3. The monoisotopic (exact) mass is 273 g/mol. The highest BCUT2D eigenvalue weighted by Crippen LogP contribution is 2.27. The van der Waals surface area contributed by atoms with E-state index in [1.165, 1.54) is 0 Å². The lowest BCUT2D eigenvalue weighted by Crippen LogP contribution is -1.99.